The molecule has 0 bridgehead atoms. The van der Waals surface area contributed by atoms with Crippen LogP contribution in [-0.2, 0) is 13.2 Å². The Labute approximate surface area is 91.3 Å². The highest BCUT2D eigenvalue weighted by Crippen LogP contribution is 2.26. The Morgan fingerprint density at radius 1 is 1.33 bits per heavy atom. The van der Waals surface area contributed by atoms with Gasteiger partial charge in [-0.1, -0.05) is 31.2 Å². The number of hydrogen-bond acceptors (Lipinski definition) is 2. The summed E-state index contributed by atoms with van der Waals surface area (Å²) in [5.74, 6) is 0.895. The van der Waals surface area contributed by atoms with Crippen molar-refractivity contribution in [2.45, 2.75) is 39.0 Å². The molecule has 2 heteroatoms. The van der Waals surface area contributed by atoms with Gasteiger partial charge < -0.3 is 10.4 Å². The summed E-state index contributed by atoms with van der Waals surface area (Å²) in [5.41, 5.74) is 2.26. The molecule has 1 aromatic carbocycles. The van der Waals surface area contributed by atoms with Crippen molar-refractivity contribution >= 4 is 0 Å². The Balaban J connectivity index is 1.82. The van der Waals surface area contributed by atoms with E-state index < -0.39 is 0 Å². The van der Waals surface area contributed by atoms with Gasteiger partial charge in [0, 0.05) is 12.6 Å². The first-order chi connectivity index (χ1) is 7.28. The van der Waals surface area contributed by atoms with E-state index in [1.807, 2.05) is 12.1 Å². The lowest BCUT2D eigenvalue weighted by atomic mass is 9.82. The first-order valence-corrected chi connectivity index (χ1v) is 5.70. The molecule has 2 nitrogen and oxygen atoms in total. The van der Waals surface area contributed by atoms with Crippen molar-refractivity contribution in [3.63, 3.8) is 0 Å². The predicted molar refractivity (Wildman–Crippen MR) is 61.4 cm³/mol. The van der Waals surface area contributed by atoms with E-state index in [4.69, 9.17) is 5.11 Å². The Bertz CT molecular complexity index is 318. The van der Waals surface area contributed by atoms with Gasteiger partial charge in [0.1, 0.15) is 0 Å². The summed E-state index contributed by atoms with van der Waals surface area (Å²) < 4.78 is 0. The standard InChI is InChI=1S/C13H19NO/c1-10-5-13(6-10)14-8-11-3-2-4-12(7-11)9-15/h2-4,7,10,13-15H,5-6,8-9H2,1H3. The Morgan fingerprint density at radius 2 is 2.07 bits per heavy atom. The van der Waals surface area contributed by atoms with Gasteiger partial charge in [0.15, 0.2) is 0 Å². The average Bonchev–Trinajstić information content (AvgIpc) is 2.23. The van der Waals surface area contributed by atoms with Crippen molar-refractivity contribution in [1.29, 1.82) is 0 Å². The van der Waals surface area contributed by atoms with Crippen LogP contribution in [-0.4, -0.2) is 11.1 Å². The van der Waals surface area contributed by atoms with E-state index in [1.165, 1.54) is 18.4 Å². The van der Waals surface area contributed by atoms with Crippen LogP contribution in [0.4, 0.5) is 0 Å². The third kappa shape index (κ3) is 2.80. The maximum atomic E-state index is 9.01. The van der Waals surface area contributed by atoms with Gasteiger partial charge in [0.05, 0.1) is 6.61 Å². The zero-order valence-corrected chi connectivity index (χ0v) is 9.24. The molecule has 1 aliphatic rings. The Hall–Kier alpha value is -0.860. The van der Waals surface area contributed by atoms with Crippen LogP contribution in [0.25, 0.3) is 0 Å². The second-order valence-corrected chi connectivity index (χ2v) is 4.63. The highest BCUT2D eigenvalue weighted by molar-refractivity contribution is 5.22. The van der Waals surface area contributed by atoms with Gasteiger partial charge in [-0.25, -0.2) is 0 Å². The molecule has 0 amide bonds. The number of nitrogens with one attached hydrogen (secondary N) is 1. The van der Waals surface area contributed by atoms with Crippen LogP contribution in [0.15, 0.2) is 24.3 Å². The molecule has 1 aliphatic carbocycles. The second kappa shape index (κ2) is 4.77. The smallest absolute Gasteiger partial charge is 0.0681 e. The van der Waals surface area contributed by atoms with Crippen molar-refractivity contribution < 1.29 is 5.11 Å². The minimum Gasteiger partial charge on any atom is -0.392 e. The van der Waals surface area contributed by atoms with Crippen molar-refractivity contribution in [2.75, 3.05) is 0 Å². The van der Waals surface area contributed by atoms with E-state index in [2.05, 4.69) is 24.4 Å². The molecule has 1 fully saturated rings. The molecule has 0 spiro atoms. The van der Waals surface area contributed by atoms with Crippen LogP contribution >= 0.6 is 0 Å². The molecule has 0 radical (unpaired) electrons. The molecule has 0 saturated heterocycles. The first-order valence-electron chi connectivity index (χ1n) is 5.70. The molecular formula is C13H19NO. The van der Waals surface area contributed by atoms with E-state index >= 15 is 0 Å². The van der Waals surface area contributed by atoms with Crippen LogP contribution in [0, 0.1) is 5.92 Å². The highest BCUT2D eigenvalue weighted by Gasteiger charge is 2.24. The summed E-state index contributed by atoms with van der Waals surface area (Å²) in [6, 6.07) is 8.84. The number of benzene rings is 1. The molecule has 2 rings (SSSR count). The van der Waals surface area contributed by atoms with Crippen LogP contribution in [0.2, 0.25) is 0 Å². The fourth-order valence-corrected chi connectivity index (χ4v) is 2.17. The normalized spacial score (nSPS) is 24.9. The van der Waals surface area contributed by atoms with Crippen LogP contribution in [0.5, 0.6) is 0 Å². The maximum Gasteiger partial charge on any atom is 0.0681 e. The van der Waals surface area contributed by atoms with Gasteiger partial charge in [-0.15, -0.1) is 0 Å². The number of hydrogen-bond donors (Lipinski definition) is 2. The molecule has 0 aromatic heterocycles. The molecule has 1 saturated carbocycles. The highest BCUT2D eigenvalue weighted by atomic mass is 16.3. The third-order valence-electron chi connectivity index (χ3n) is 3.14. The van der Waals surface area contributed by atoms with Gasteiger partial charge in [-0.2, -0.15) is 0 Å². The zero-order valence-electron chi connectivity index (χ0n) is 9.24. The lowest BCUT2D eigenvalue weighted by Gasteiger charge is -2.33. The van der Waals surface area contributed by atoms with E-state index in [-0.39, 0.29) is 6.61 Å². The SMILES string of the molecule is CC1CC(NCc2cccc(CO)c2)C1. The number of rotatable bonds is 4. The van der Waals surface area contributed by atoms with Crippen molar-refractivity contribution in [2.24, 2.45) is 5.92 Å². The molecule has 0 unspecified atom stereocenters. The van der Waals surface area contributed by atoms with Crippen LogP contribution in [0.3, 0.4) is 0 Å². The average molecular weight is 205 g/mol. The second-order valence-electron chi connectivity index (χ2n) is 4.63. The summed E-state index contributed by atoms with van der Waals surface area (Å²) in [5, 5.41) is 12.5. The maximum absolute atomic E-state index is 9.01. The van der Waals surface area contributed by atoms with E-state index in [1.54, 1.807) is 0 Å². The zero-order chi connectivity index (χ0) is 10.7. The molecule has 0 atom stereocenters. The molecule has 0 aliphatic heterocycles. The fourth-order valence-electron chi connectivity index (χ4n) is 2.17. The van der Waals surface area contributed by atoms with E-state index in [0.717, 1.165) is 18.0 Å². The van der Waals surface area contributed by atoms with E-state index in [0.29, 0.717) is 6.04 Å². The van der Waals surface area contributed by atoms with Gasteiger partial charge in [0.2, 0.25) is 0 Å². The van der Waals surface area contributed by atoms with Crippen LogP contribution < -0.4 is 5.32 Å². The molecule has 15 heavy (non-hydrogen) atoms. The lowest BCUT2D eigenvalue weighted by molar-refractivity contribution is 0.240. The monoisotopic (exact) mass is 205 g/mol. The largest absolute Gasteiger partial charge is 0.392 e. The number of aliphatic hydroxyl groups is 1. The topological polar surface area (TPSA) is 32.3 Å². The summed E-state index contributed by atoms with van der Waals surface area (Å²) in [6.45, 7) is 3.35. The predicted octanol–water partition coefficient (Wildman–Crippen LogP) is 2.07. The van der Waals surface area contributed by atoms with Gasteiger partial charge in [-0.3, -0.25) is 0 Å². The molecule has 82 valence electrons. The van der Waals surface area contributed by atoms with Gasteiger partial charge in [-0.05, 0) is 29.9 Å². The number of aliphatic hydroxyl groups excluding tert-OH is 1. The van der Waals surface area contributed by atoms with Crippen molar-refractivity contribution in [3.05, 3.63) is 35.4 Å². The summed E-state index contributed by atoms with van der Waals surface area (Å²) >= 11 is 0. The van der Waals surface area contributed by atoms with Crippen molar-refractivity contribution in [1.82, 2.24) is 5.32 Å². The van der Waals surface area contributed by atoms with Gasteiger partial charge in [0.25, 0.3) is 0 Å². The first kappa shape index (κ1) is 10.7. The fraction of sp³-hybridized carbons (Fsp3) is 0.538. The molecule has 1 aromatic rings. The molecular weight excluding hydrogens is 186 g/mol. The quantitative estimate of drug-likeness (QED) is 0.788. The van der Waals surface area contributed by atoms with Crippen LogP contribution in [0.1, 0.15) is 30.9 Å². The van der Waals surface area contributed by atoms with Gasteiger partial charge >= 0.3 is 0 Å². The molecule has 2 N–H and O–H groups in total. The summed E-state index contributed by atoms with van der Waals surface area (Å²) in [7, 11) is 0. The minimum atomic E-state index is 0.133. The Morgan fingerprint density at radius 3 is 2.73 bits per heavy atom. The summed E-state index contributed by atoms with van der Waals surface area (Å²) in [6.07, 6.45) is 2.61. The summed E-state index contributed by atoms with van der Waals surface area (Å²) in [4.78, 5) is 0. The lowest BCUT2D eigenvalue weighted by Crippen LogP contribution is -2.39. The van der Waals surface area contributed by atoms with Crippen molar-refractivity contribution in [3.8, 4) is 0 Å². The minimum absolute atomic E-state index is 0.133. The van der Waals surface area contributed by atoms with E-state index in [9.17, 15) is 0 Å². The third-order valence-corrected chi connectivity index (χ3v) is 3.14. The Kier molecular flexibility index (Phi) is 3.39. The molecule has 0 heterocycles.